The number of nitrogens with two attached hydrogens (primary N) is 1. The summed E-state index contributed by atoms with van der Waals surface area (Å²) in [5.74, 6) is -0.822. The van der Waals surface area contributed by atoms with Gasteiger partial charge < -0.3 is 20.7 Å². The van der Waals surface area contributed by atoms with Gasteiger partial charge in [0.1, 0.15) is 6.04 Å². The largest absolute Gasteiger partial charge is 0.378 e. The molecule has 1 aromatic carbocycles. The summed E-state index contributed by atoms with van der Waals surface area (Å²) in [6.45, 7) is 2.20. The quantitative estimate of drug-likeness (QED) is 0.611. The van der Waals surface area contributed by atoms with Gasteiger partial charge in [0, 0.05) is 37.2 Å². The molecule has 1 unspecified atom stereocenters. The fourth-order valence-electron chi connectivity index (χ4n) is 3.77. The van der Waals surface area contributed by atoms with E-state index in [9.17, 15) is 14.4 Å². The number of piperidine rings is 1. The number of rotatable bonds is 4. The summed E-state index contributed by atoms with van der Waals surface area (Å²) < 4.78 is 5.34. The Hall–Kier alpha value is -2.29. The maximum Gasteiger partial charge on any atom is 0.255 e. The van der Waals surface area contributed by atoms with Gasteiger partial charge in [0.2, 0.25) is 11.8 Å². The number of fused-ring (bicyclic) bond motifs is 1. The molecule has 2 saturated heterocycles. The molecule has 138 valence electrons. The van der Waals surface area contributed by atoms with Crippen molar-refractivity contribution < 1.29 is 19.1 Å². The van der Waals surface area contributed by atoms with Crippen LogP contribution in [0.3, 0.4) is 0 Å². The molecule has 0 saturated carbocycles. The summed E-state index contributed by atoms with van der Waals surface area (Å²) in [6.07, 6.45) is 0.633. The summed E-state index contributed by atoms with van der Waals surface area (Å²) >= 11 is 0. The molecule has 4 rings (SSSR count). The first-order valence-electron chi connectivity index (χ1n) is 8.86. The summed E-state index contributed by atoms with van der Waals surface area (Å²) in [4.78, 5) is 37.6. The van der Waals surface area contributed by atoms with Gasteiger partial charge in [-0.05, 0) is 23.6 Å². The lowest BCUT2D eigenvalue weighted by atomic mass is 10.0. The van der Waals surface area contributed by atoms with E-state index in [2.05, 4.69) is 10.6 Å². The fraction of sp³-hybridized carbons (Fsp3) is 0.500. The predicted octanol–water partition coefficient (Wildman–Crippen LogP) is -0.737. The molecule has 2 fully saturated rings. The van der Waals surface area contributed by atoms with E-state index in [-0.39, 0.29) is 36.2 Å². The second-order valence-corrected chi connectivity index (χ2v) is 7.08. The fourth-order valence-corrected chi connectivity index (χ4v) is 3.77. The van der Waals surface area contributed by atoms with Crippen molar-refractivity contribution in [2.24, 2.45) is 5.73 Å². The first kappa shape index (κ1) is 17.1. The van der Waals surface area contributed by atoms with E-state index in [1.807, 2.05) is 18.2 Å². The van der Waals surface area contributed by atoms with Crippen molar-refractivity contribution in [1.29, 1.82) is 0 Å². The SMILES string of the molecule is N[C@@H]1COC[C@@H]1NCc1ccc2c(c1)CN(C1CCC(=O)NC1=O)C2=O. The maximum absolute atomic E-state index is 12.7. The molecule has 1 aromatic rings. The van der Waals surface area contributed by atoms with Gasteiger partial charge in [0.25, 0.3) is 5.91 Å². The van der Waals surface area contributed by atoms with E-state index < -0.39 is 6.04 Å². The number of hydrogen-bond donors (Lipinski definition) is 3. The molecule has 3 aliphatic heterocycles. The van der Waals surface area contributed by atoms with Crippen LogP contribution in [0.5, 0.6) is 0 Å². The highest BCUT2D eigenvalue weighted by molar-refractivity contribution is 6.05. The molecule has 26 heavy (non-hydrogen) atoms. The van der Waals surface area contributed by atoms with Gasteiger partial charge in [-0.25, -0.2) is 0 Å². The van der Waals surface area contributed by atoms with E-state index in [0.717, 1.165) is 11.1 Å². The molecule has 4 N–H and O–H groups in total. The summed E-state index contributed by atoms with van der Waals surface area (Å²) in [5.41, 5.74) is 8.56. The van der Waals surface area contributed by atoms with Gasteiger partial charge in [0.15, 0.2) is 0 Å². The van der Waals surface area contributed by atoms with Crippen LogP contribution in [-0.2, 0) is 27.4 Å². The predicted molar refractivity (Wildman–Crippen MR) is 91.9 cm³/mol. The average molecular weight is 358 g/mol. The number of amides is 3. The number of ether oxygens (including phenoxy) is 1. The zero-order valence-corrected chi connectivity index (χ0v) is 14.4. The average Bonchev–Trinajstić information content (AvgIpc) is 3.16. The van der Waals surface area contributed by atoms with Gasteiger partial charge in [-0.1, -0.05) is 12.1 Å². The first-order valence-corrected chi connectivity index (χ1v) is 8.86. The molecule has 3 amide bonds. The number of imide groups is 1. The minimum absolute atomic E-state index is 0.00554. The number of carbonyl (C=O) groups is 3. The highest BCUT2D eigenvalue weighted by atomic mass is 16.5. The molecule has 3 aliphatic rings. The van der Waals surface area contributed by atoms with E-state index in [0.29, 0.717) is 38.3 Å². The van der Waals surface area contributed by atoms with Crippen molar-refractivity contribution in [3.8, 4) is 0 Å². The summed E-state index contributed by atoms with van der Waals surface area (Å²) in [6, 6.07) is 5.26. The van der Waals surface area contributed by atoms with Crippen LogP contribution in [0, 0.1) is 0 Å². The molecular formula is C18H22N4O4. The van der Waals surface area contributed by atoms with Crippen molar-refractivity contribution in [1.82, 2.24) is 15.5 Å². The van der Waals surface area contributed by atoms with Crippen molar-refractivity contribution in [3.05, 3.63) is 34.9 Å². The Labute approximate surface area is 151 Å². The standard InChI is InChI=1S/C18H22N4O4/c19-13-8-26-9-14(13)20-6-10-1-2-12-11(5-10)7-22(18(12)25)15-3-4-16(23)21-17(15)24/h1-2,5,13-15,20H,3-4,6-9,19H2,(H,21,23,24)/t13-,14+,15?/m1/s1. The van der Waals surface area contributed by atoms with E-state index >= 15 is 0 Å². The second-order valence-electron chi connectivity index (χ2n) is 7.08. The van der Waals surface area contributed by atoms with Gasteiger partial charge in [-0.2, -0.15) is 0 Å². The van der Waals surface area contributed by atoms with Crippen molar-refractivity contribution in [2.45, 2.75) is 44.1 Å². The first-order chi connectivity index (χ1) is 12.5. The van der Waals surface area contributed by atoms with Crippen molar-refractivity contribution in [3.63, 3.8) is 0 Å². The molecule has 3 atom stereocenters. The van der Waals surface area contributed by atoms with Crippen LogP contribution < -0.4 is 16.4 Å². The zero-order chi connectivity index (χ0) is 18.3. The van der Waals surface area contributed by atoms with Gasteiger partial charge in [-0.3, -0.25) is 19.7 Å². The van der Waals surface area contributed by atoms with Crippen LogP contribution in [0.15, 0.2) is 18.2 Å². The maximum atomic E-state index is 12.7. The third-order valence-corrected chi connectivity index (χ3v) is 5.28. The van der Waals surface area contributed by atoms with Gasteiger partial charge >= 0.3 is 0 Å². The third kappa shape index (κ3) is 3.11. The molecule has 8 heteroatoms. The molecular weight excluding hydrogens is 336 g/mol. The molecule has 0 aromatic heterocycles. The van der Waals surface area contributed by atoms with Crippen molar-refractivity contribution in [2.75, 3.05) is 13.2 Å². The Balaban J connectivity index is 1.44. The highest BCUT2D eigenvalue weighted by Crippen LogP contribution is 2.28. The molecule has 0 aliphatic carbocycles. The van der Waals surface area contributed by atoms with E-state index in [1.165, 1.54) is 0 Å². The molecule has 0 bridgehead atoms. The molecule has 0 spiro atoms. The number of carbonyl (C=O) groups excluding carboxylic acids is 3. The Morgan fingerprint density at radius 3 is 2.85 bits per heavy atom. The van der Waals surface area contributed by atoms with Gasteiger partial charge in [0.05, 0.1) is 13.2 Å². The summed E-state index contributed by atoms with van der Waals surface area (Å²) in [5, 5.41) is 5.70. The topological polar surface area (TPSA) is 114 Å². The Bertz CT molecular complexity index is 766. The highest BCUT2D eigenvalue weighted by Gasteiger charge is 2.39. The number of hydrogen-bond acceptors (Lipinski definition) is 6. The Morgan fingerprint density at radius 2 is 2.12 bits per heavy atom. The minimum Gasteiger partial charge on any atom is -0.378 e. The van der Waals surface area contributed by atoms with Crippen LogP contribution in [0.25, 0.3) is 0 Å². The van der Waals surface area contributed by atoms with Crippen LogP contribution in [0.2, 0.25) is 0 Å². The van der Waals surface area contributed by atoms with Crippen molar-refractivity contribution >= 4 is 17.7 Å². The van der Waals surface area contributed by atoms with Crippen LogP contribution in [0.4, 0.5) is 0 Å². The molecule has 3 heterocycles. The van der Waals surface area contributed by atoms with E-state index in [1.54, 1.807) is 4.90 Å². The smallest absolute Gasteiger partial charge is 0.255 e. The summed E-state index contributed by atoms with van der Waals surface area (Å²) in [7, 11) is 0. The number of nitrogens with one attached hydrogen (secondary N) is 2. The monoisotopic (exact) mass is 358 g/mol. The Kier molecular flexibility index (Phi) is 4.47. The van der Waals surface area contributed by atoms with Crippen LogP contribution in [-0.4, -0.2) is 54.0 Å². The lowest BCUT2D eigenvalue weighted by Crippen LogP contribution is -2.52. The molecule has 8 nitrogen and oxygen atoms in total. The normalized spacial score (nSPS) is 28.4. The lowest BCUT2D eigenvalue weighted by Gasteiger charge is -2.29. The van der Waals surface area contributed by atoms with E-state index in [4.69, 9.17) is 10.5 Å². The minimum atomic E-state index is -0.581. The Morgan fingerprint density at radius 1 is 1.27 bits per heavy atom. The lowest BCUT2D eigenvalue weighted by molar-refractivity contribution is -0.136. The number of nitrogens with zero attached hydrogens (tertiary/aromatic N) is 1. The second kappa shape index (κ2) is 6.79. The van der Waals surface area contributed by atoms with Crippen LogP contribution in [0.1, 0.15) is 34.3 Å². The zero-order valence-electron chi connectivity index (χ0n) is 14.4. The third-order valence-electron chi connectivity index (χ3n) is 5.28. The van der Waals surface area contributed by atoms with Crippen LogP contribution >= 0.6 is 0 Å². The number of benzene rings is 1. The molecule has 0 radical (unpaired) electrons. The van der Waals surface area contributed by atoms with Gasteiger partial charge in [-0.15, -0.1) is 0 Å².